The lowest BCUT2D eigenvalue weighted by atomic mass is 10.3. The Morgan fingerprint density at radius 3 is 2.58 bits per heavy atom. The van der Waals surface area contributed by atoms with Crippen LogP contribution in [-0.2, 0) is 4.79 Å². The van der Waals surface area contributed by atoms with Crippen LogP contribution >= 0.6 is 11.8 Å². The lowest BCUT2D eigenvalue weighted by Gasteiger charge is -2.05. The first-order valence-electron chi connectivity index (χ1n) is 5.43. The van der Waals surface area contributed by atoms with E-state index in [4.69, 9.17) is 0 Å². The Balaban J connectivity index is 1.89. The summed E-state index contributed by atoms with van der Waals surface area (Å²) in [6.45, 7) is 0. The van der Waals surface area contributed by atoms with Crippen LogP contribution in [0, 0.1) is 11.6 Å². The highest BCUT2D eigenvalue weighted by Crippen LogP contribution is 2.17. The second-order valence-electron chi connectivity index (χ2n) is 3.65. The fourth-order valence-corrected chi connectivity index (χ4v) is 2.04. The lowest BCUT2D eigenvalue weighted by Crippen LogP contribution is -2.14. The molecule has 0 bridgehead atoms. The zero-order valence-corrected chi connectivity index (χ0v) is 10.6. The number of thioether (sulfide) groups is 1. The Kier molecular flexibility index (Phi) is 4.46. The van der Waals surface area contributed by atoms with Crippen molar-refractivity contribution in [1.29, 1.82) is 0 Å². The molecule has 1 N–H and O–H groups in total. The zero-order chi connectivity index (χ0) is 13.7. The summed E-state index contributed by atoms with van der Waals surface area (Å²) in [5.74, 6) is -2.03. The van der Waals surface area contributed by atoms with Crippen molar-refractivity contribution in [3.63, 3.8) is 0 Å². The van der Waals surface area contributed by atoms with E-state index in [0.717, 1.165) is 17.0 Å². The molecule has 0 radical (unpaired) electrons. The molecule has 1 heterocycles. The first kappa shape index (κ1) is 13.5. The van der Waals surface area contributed by atoms with E-state index >= 15 is 0 Å². The number of rotatable bonds is 4. The molecule has 0 aliphatic rings. The van der Waals surface area contributed by atoms with Crippen molar-refractivity contribution in [1.82, 2.24) is 4.98 Å². The van der Waals surface area contributed by atoms with Gasteiger partial charge in [0.05, 0.1) is 5.75 Å². The van der Waals surface area contributed by atoms with Crippen molar-refractivity contribution in [2.75, 3.05) is 11.1 Å². The van der Waals surface area contributed by atoms with Crippen LogP contribution in [0.25, 0.3) is 0 Å². The number of halogens is 2. The standard InChI is InChI=1S/C13H10F2N2OS/c14-11-2-1-9(7-12(11)15)17-13(18)8-19-10-3-5-16-6-4-10/h1-7H,8H2,(H,17,18). The van der Waals surface area contributed by atoms with Crippen LogP contribution in [0.15, 0.2) is 47.6 Å². The second kappa shape index (κ2) is 6.29. The van der Waals surface area contributed by atoms with Gasteiger partial charge in [0.1, 0.15) is 0 Å². The minimum Gasteiger partial charge on any atom is -0.325 e. The summed E-state index contributed by atoms with van der Waals surface area (Å²) in [6.07, 6.45) is 3.27. The third kappa shape index (κ3) is 4.03. The molecule has 98 valence electrons. The number of anilines is 1. The normalized spacial score (nSPS) is 10.2. The molecule has 2 rings (SSSR count). The number of amides is 1. The van der Waals surface area contributed by atoms with Crippen LogP contribution < -0.4 is 5.32 Å². The third-order valence-corrected chi connectivity index (χ3v) is 3.24. The van der Waals surface area contributed by atoms with Gasteiger partial charge < -0.3 is 5.32 Å². The topological polar surface area (TPSA) is 42.0 Å². The molecule has 1 aromatic carbocycles. The van der Waals surface area contributed by atoms with Crippen molar-refractivity contribution in [2.24, 2.45) is 0 Å². The number of carbonyl (C=O) groups excluding carboxylic acids is 1. The molecule has 0 aliphatic heterocycles. The summed E-state index contributed by atoms with van der Waals surface area (Å²) >= 11 is 1.34. The maximum Gasteiger partial charge on any atom is 0.234 e. The number of carbonyl (C=O) groups is 1. The Hall–Kier alpha value is -1.95. The number of nitrogens with zero attached hydrogens (tertiary/aromatic N) is 1. The number of pyridine rings is 1. The van der Waals surface area contributed by atoms with E-state index in [2.05, 4.69) is 10.3 Å². The molecule has 0 saturated heterocycles. The first-order valence-corrected chi connectivity index (χ1v) is 6.41. The highest BCUT2D eigenvalue weighted by molar-refractivity contribution is 8.00. The maximum atomic E-state index is 12.9. The largest absolute Gasteiger partial charge is 0.325 e. The minimum absolute atomic E-state index is 0.184. The van der Waals surface area contributed by atoms with Gasteiger partial charge >= 0.3 is 0 Å². The van der Waals surface area contributed by atoms with Gasteiger partial charge in [-0.2, -0.15) is 0 Å². The van der Waals surface area contributed by atoms with E-state index in [0.29, 0.717) is 0 Å². The predicted molar refractivity (Wildman–Crippen MR) is 69.9 cm³/mol. The lowest BCUT2D eigenvalue weighted by molar-refractivity contribution is -0.113. The zero-order valence-electron chi connectivity index (χ0n) is 9.77. The molecule has 0 atom stereocenters. The molecule has 2 aromatic rings. The van der Waals surface area contributed by atoms with Crippen LogP contribution in [0.2, 0.25) is 0 Å². The van der Waals surface area contributed by atoms with E-state index in [9.17, 15) is 13.6 Å². The molecule has 1 amide bonds. The van der Waals surface area contributed by atoms with Crippen molar-refractivity contribution in [3.05, 3.63) is 54.4 Å². The van der Waals surface area contributed by atoms with E-state index in [1.54, 1.807) is 24.5 Å². The van der Waals surface area contributed by atoms with Crippen LogP contribution in [0.3, 0.4) is 0 Å². The van der Waals surface area contributed by atoms with Crippen molar-refractivity contribution in [3.8, 4) is 0 Å². The first-order chi connectivity index (χ1) is 9.15. The van der Waals surface area contributed by atoms with Crippen LogP contribution in [-0.4, -0.2) is 16.6 Å². The molecular weight excluding hydrogens is 270 g/mol. The Labute approximate surface area is 113 Å². The molecule has 6 heteroatoms. The minimum atomic E-state index is -0.986. The van der Waals surface area contributed by atoms with Crippen molar-refractivity contribution < 1.29 is 13.6 Å². The molecule has 0 fully saturated rings. The monoisotopic (exact) mass is 280 g/mol. The van der Waals surface area contributed by atoms with Crippen LogP contribution in [0.5, 0.6) is 0 Å². The van der Waals surface area contributed by atoms with Gasteiger partial charge in [0, 0.05) is 29.0 Å². The summed E-state index contributed by atoms with van der Waals surface area (Å²) in [5.41, 5.74) is 0.235. The highest BCUT2D eigenvalue weighted by atomic mass is 32.2. The number of hydrogen-bond donors (Lipinski definition) is 1. The predicted octanol–water partition coefficient (Wildman–Crippen LogP) is 3.09. The molecule has 0 spiro atoms. The number of aromatic nitrogens is 1. The van der Waals surface area contributed by atoms with Gasteiger partial charge in [-0.3, -0.25) is 9.78 Å². The van der Waals surface area contributed by atoms with E-state index in [1.165, 1.54) is 17.8 Å². The van der Waals surface area contributed by atoms with Crippen molar-refractivity contribution in [2.45, 2.75) is 4.90 Å². The Morgan fingerprint density at radius 2 is 1.89 bits per heavy atom. The average Bonchev–Trinajstić information content (AvgIpc) is 2.42. The number of nitrogens with one attached hydrogen (secondary N) is 1. The molecule has 1 aromatic heterocycles. The number of hydrogen-bond acceptors (Lipinski definition) is 3. The van der Waals surface area contributed by atoms with Gasteiger partial charge in [-0.25, -0.2) is 8.78 Å². The van der Waals surface area contributed by atoms with E-state index in [-0.39, 0.29) is 17.3 Å². The molecule has 3 nitrogen and oxygen atoms in total. The molecule has 0 saturated carbocycles. The summed E-state index contributed by atoms with van der Waals surface area (Å²) in [6, 6.07) is 6.81. The smallest absolute Gasteiger partial charge is 0.234 e. The Bertz CT molecular complexity index is 578. The second-order valence-corrected chi connectivity index (χ2v) is 4.70. The SMILES string of the molecule is O=C(CSc1ccncc1)Nc1ccc(F)c(F)c1. The van der Waals surface area contributed by atoms with Crippen molar-refractivity contribution >= 4 is 23.4 Å². The van der Waals surface area contributed by atoms with Crippen LogP contribution in [0.1, 0.15) is 0 Å². The van der Waals surface area contributed by atoms with E-state index < -0.39 is 11.6 Å². The van der Waals surface area contributed by atoms with Gasteiger partial charge in [0.25, 0.3) is 0 Å². The fraction of sp³-hybridized carbons (Fsp3) is 0.0769. The highest BCUT2D eigenvalue weighted by Gasteiger charge is 2.06. The van der Waals surface area contributed by atoms with E-state index in [1.807, 2.05) is 0 Å². The Morgan fingerprint density at radius 1 is 1.16 bits per heavy atom. The summed E-state index contributed by atoms with van der Waals surface area (Å²) in [7, 11) is 0. The average molecular weight is 280 g/mol. The molecular formula is C13H10F2N2OS. The summed E-state index contributed by atoms with van der Waals surface area (Å²) < 4.78 is 25.6. The van der Waals surface area contributed by atoms with Gasteiger partial charge in [-0.1, -0.05) is 0 Å². The van der Waals surface area contributed by atoms with Gasteiger partial charge in [0.15, 0.2) is 11.6 Å². The molecule has 19 heavy (non-hydrogen) atoms. The van der Waals surface area contributed by atoms with Gasteiger partial charge in [-0.05, 0) is 24.3 Å². The maximum absolute atomic E-state index is 12.9. The quantitative estimate of drug-likeness (QED) is 0.875. The fourth-order valence-electron chi connectivity index (χ4n) is 1.35. The summed E-state index contributed by atoms with van der Waals surface area (Å²) in [4.78, 5) is 16.4. The van der Waals surface area contributed by atoms with Crippen LogP contribution in [0.4, 0.5) is 14.5 Å². The molecule has 0 unspecified atom stereocenters. The summed E-state index contributed by atoms with van der Waals surface area (Å²) in [5, 5.41) is 2.50. The van der Waals surface area contributed by atoms with Gasteiger partial charge in [0.2, 0.25) is 5.91 Å². The third-order valence-electron chi connectivity index (χ3n) is 2.22. The van der Waals surface area contributed by atoms with Gasteiger partial charge in [-0.15, -0.1) is 11.8 Å². The molecule has 0 aliphatic carbocycles. The number of benzene rings is 1.